The molecule has 4 rings (SSSR count). The van der Waals surface area contributed by atoms with Gasteiger partial charge in [-0.05, 0) is 43.2 Å². The van der Waals surface area contributed by atoms with Crippen LogP contribution >= 0.6 is 0 Å². The van der Waals surface area contributed by atoms with Crippen molar-refractivity contribution >= 4 is 0 Å². The zero-order valence-electron chi connectivity index (χ0n) is 13.9. The van der Waals surface area contributed by atoms with Gasteiger partial charge < -0.3 is 9.30 Å². The predicted molar refractivity (Wildman–Crippen MR) is 89.8 cm³/mol. The van der Waals surface area contributed by atoms with E-state index in [-0.39, 0.29) is 0 Å². The molecule has 0 saturated heterocycles. The van der Waals surface area contributed by atoms with Crippen LogP contribution < -0.4 is 4.74 Å². The number of benzene rings is 1. The molecule has 2 nitrogen and oxygen atoms in total. The summed E-state index contributed by atoms with van der Waals surface area (Å²) in [5.74, 6) is 1.74. The van der Waals surface area contributed by atoms with E-state index in [1.54, 1.807) is 5.56 Å². The van der Waals surface area contributed by atoms with Crippen LogP contribution in [0.3, 0.4) is 0 Å². The Labute approximate surface area is 133 Å². The highest BCUT2D eigenvalue weighted by Gasteiger charge is 2.54. The molecule has 2 atom stereocenters. The third-order valence-electron chi connectivity index (χ3n) is 5.89. The van der Waals surface area contributed by atoms with E-state index in [0.717, 1.165) is 5.88 Å². The van der Waals surface area contributed by atoms with Crippen LogP contribution in [0.4, 0.5) is 0 Å². The number of nitrogens with zero attached hydrogens (tertiary/aromatic N) is 1. The van der Waals surface area contributed by atoms with Crippen LogP contribution in [0.15, 0.2) is 30.3 Å². The van der Waals surface area contributed by atoms with Crippen molar-refractivity contribution in [3.05, 3.63) is 52.7 Å². The van der Waals surface area contributed by atoms with Gasteiger partial charge in [0.1, 0.15) is 0 Å². The number of hydrogen-bond donors (Lipinski definition) is 0. The van der Waals surface area contributed by atoms with Gasteiger partial charge in [-0.2, -0.15) is 0 Å². The molecule has 1 fully saturated rings. The Morgan fingerprint density at radius 3 is 2.45 bits per heavy atom. The lowest BCUT2D eigenvalue weighted by Crippen LogP contribution is -2.08. The molecule has 1 saturated carbocycles. The van der Waals surface area contributed by atoms with Gasteiger partial charge in [-0.1, -0.05) is 37.3 Å². The molecule has 1 aromatic heterocycles. The molecule has 116 valence electrons. The molecule has 2 aromatic rings. The van der Waals surface area contributed by atoms with Crippen LogP contribution in [0, 0.1) is 0 Å². The number of hydrogen-bond acceptors (Lipinski definition) is 1. The van der Waals surface area contributed by atoms with Crippen LogP contribution in [0.5, 0.6) is 5.88 Å². The Morgan fingerprint density at radius 1 is 1.09 bits per heavy atom. The summed E-state index contributed by atoms with van der Waals surface area (Å²) in [5.41, 5.74) is 6.38. The Morgan fingerprint density at radius 2 is 1.77 bits per heavy atom. The van der Waals surface area contributed by atoms with Crippen LogP contribution in [-0.4, -0.2) is 11.7 Å². The van der Waals surface area contributed by atoms with Gasteiger partial charge in [-0.15, -0.1) is 0 Å². The SMILES string of the molecule is COc1c2c(c([C@@H]3C[C@@]3(C)c3ccccc3)n1C)CCCC2. The summed E-state index contributed by atoms with van der Waals surface area (Å²) in [6.45, 7) is 2.42. The van der Waals surface area contributed by atoms with Gasteiger partial charge in [0.05, 0.1) is 7.11 Å². The molecular formula is C20H25NO. The van der Waals surface area contributed by atoms with Crippen molar-refractivity contribution in [3.8, 4) is 5.88 Å². The molecule has 1 heterocycles. The van der Waals surface area contributed by atoms with Crippen molar-refractivity contribution in [2.45, 2.75) is 50.4 Å². The molecule has 0 bridgehead atoms. The first-order valence-electron chi connectivity index (χ1n) is 8.46. The topological polar surface area (TPSA) is 14.2 Å². The van der Waals surface area contributed by atoms with Crippen LogP contribution in [0.25, 0.3) is 0 Å². The first-order valence-corrected chi connectivity index (χ1v) is 8.46. The fourth-order valence-electron chi connectivity index (χ4n) is 4.54. The third-order valence-corrected chi connectivity index (χ3v) is 5.89. The van der Waals surface area contributed by atoms with Crippen molar-refractivity contribution in [1.29, 1.82) is 0 Å². The van der Waals surface area contributed by atoms with Crippen molar-refractivity contribution in [2.75, 3.05) is 7.11 Å². The molecule has 22 heavy (non-hydrogen) atoms. The lowest BCUT2D eigenvalue weighted by molar-refractivity contribution is 0.374. The minimum atomic E-state index is 0.295. The Bertz CT molecular complexity index is 700. The van der Waals surface area contributed by atoms with E-state index in [0.29, 0.717) is 11.3 Å². The molecule has 2 heteroatoms. The van der Waals surface area contributed by atoms with Crippen molar-refractivity contribution in [3.63, 3.8) is 0 Å². The van der Waals surface area contributed by atoms with Crippen molar-refractivity contribution in [2.24, 2.45) is 7.05 Å². The summed E-state index contributed by atoms with van der Waals surface area (Å²) in [4.78, 5) is 0. The van der Waals surface area contributed by atoms with E-state index in [9.17, 15) is 0 Å². The molecule has 0 spiro atoms. The highest BCUT2D eigenvalue weighted by Crippen LogP contribution is 2.62. The minimum Gasteiger partial charge on any atom is -0.482 e. The van der Waals surface area contributed by atoms with Gasteiger partial charge in [0.2, 0.25) is 0 Å². The van der Waals surface area contributed by atoms with Crippen LogP contribution in [0.2, 0.25) is 0 Å². The first kappa shape index (κ1) is 13.9. The number of ether oxygens (including phenoxy) is 1. The molecule has 2 aliphatic rings. The average molecular weight is 295 g/mol. The maximum atomic E-state index is 5.74. The lowest BCUT2D eigenvalue weighted by Gasteiger charge is -2.16. The summed E-state index contributed by atoms with van der Waals surface area (Å²) in [5, 5.41) is 0. The molecule has 0 amide bonds. The molecule has 0 N–H and O–H groups in total. The van der Waals surface area contributed by atoms with Gasteiger partial charge in [0, 0.05) is 29.6 Å². The molecule has 0 radical (unpaired) electrons. The molecule has 1 aromatic carbocycles. The smallest absolute Gasteiger partial charge is 0.196 e. The van der Waals surface area contributed by atoms with Gasteiger partial charge in [-0.25, -0.2) is 0 Å². The van der Waals surface area contributed by atoms with E-state index < -0.39 is 0 Å². The van der Waals surface area contributed by atoms with E-state index in [1.807, 2.05) is 7.11 Å². The second kappa shape index (κ2) is 4.91. The summed E-state index contributed by atoms with van der Waals surface area (Å²) >= 11 is 0. The number of fused-ring (bicyclic) bond motifs is 1. The largest absolute Gasteiger partial charge is 0.482 e. The normalized spacial score (nSPS) is 26.6. The summed E-state index contributed by atoms with van der Waals surface area (Å²) < 4.78 is 8.08. The third kappa shape index (κ3) is 1.86. The molecular weight excluding hydrogens is 270 g/mol. The lowest BCUT2D eigenvalue weighted by atomic mass is 9.89. The van der Waals surface area contributed by atoms with Gasteiger partial charge in [0.15, 0.2) is 5.88 Å². The molecule has 2 aliphatic carbocycles. The fraction of sp³-hybridized carbons (Fsp3) is 0.500. The van der Waals surface area contributed by atoms with E-state index >= 15 is 0 Å². The highest BCUT2D eigenvalue weighted by molar-refractivity contribution is 5.51. The van der Waals surface area contributed by atoms with Crippen molar-refractivity contribution < 1.29 is 4.74 Å². The number of methoxy groups -OCH3 is 1. The van der Waals surface area contributed by atoms with Gasteiger partial charge >= 0.3 is 0 Å². The van der Waals surface area contributed by atoms with Crippen LogP contribution in [-0.2, 0) is 25.3 Å². The Kier molecular flexibility index (Phi) is 3.11. The summed E-state index contributed by atoms with van der Waals surface area (Å²) in [6.07, 6.45) is 6.28. The standard InChI is InChI=1S/C20H25NO/c1-20(14-9-5-4-6-10-14)13-17(20)18-15-11-7-8-12-16(15)19(22-3)21(18)2/h4-6,9-10,17H,7-8,11-13H2,1-3H3/t17-,20-/m0/s1. The van der Waals surface area contributed by atoms with E-state index in [2.05, 4.69) is 48.9 Å². The highest BCUT2D eigenvalue weighted by atomic mass is 16.5. The summed E-state index contributed by atoms with van der Waals surface area (Å²) in [7, 11) is 4.01. The van der Waals surface area contributed by atoms with E-state index in [4.69, 9.17) is 4.74 Å². The monoisotopic (exact) mass is 295 g/mol. The average Bonchev–Trinajstić information content (AvgIpc) is 3.14. The second-order valence-corrected chi connectivity index (χ2v) is 7.16. The quantitative estimate of drug-likeness (QED) is 0.820. The molecule has 0 unspecified atom stereocenters. The maximum Gasteiger partial charge on any atom is 0.196 e. The van der Waals surface area contributed by atoms with Gasteiger partial charge in [0.25, 0.3) is 0 Å². The summed E-state index contributed by atoms with van der Waals surface area (Å²) in [6, 6.07) is 11.0. The van der Waals surface area contributed by atoms with Crippen LogP contribution in [0.1, 0.15) is 54.5 Å². The number of rotatable bonds is 3. The van der Waals surface area contributed by atoms with Gasteiger partial charge in [-0.3, -0.25) is 0 Å². The predicted octanol–water partition coefficient (Wildman–Crippen LogP) is 4.36. The second-order valence-electron chi connectivity index (χ2n) is 7.16. The Hall–Kier alpha value is -1.70. The number of aromatic nitrogens is 1. The first-order chi connectivity index (χ1) is 10.7. The minimum absolute atomic E-state index is 0.295. The molecule has 0 aliphatic heterocycles. The Balaban J connectivity index is 1.78. The zero-order valence-corrected chi connectivity index (χ0v) is 13.9. The van der Waals surface area contributed by atoms with E-state index in [1.165, 1.54) is 48.9 Å². The van der Waals surface area contributed by atoms with Crippen molar-refractivity contribution in [1.82, 2.24) is 4.57 Å². The maximum absolute atomic E-state index is 5.74. The zero-order chi connectivity index (χ0) is 15.3. The fourth-order valence-corrected chi connectivity index (χ4v) is 4.54.